The van der Waals surface area contributed by atoms with Crippen LogP contribution in [0.5, 0.6) is 11.5 Å². The molecule has 0 spiro atoms. The highest BCUT2D eigenvalue weighted by atomic mass is 32.2. The molecule has 0 unspecified atom stereocenters. The Morgan fingerprint density at radius 2 is 2.00 bits per heavy atom. The monoisotopic (exact) mass is 396 g/mol. The summed E-state index contributed by atoms with van der Waals surface area (Å²) in [6.07, 6.45) is 5.17. The summed E-state index contributed by atoms with van der Waals surface area (Å²) >= 11 is 6.24. The summed E-state index contributed by atoms with van der Waals surface area (Å²) in [4.78, 5) is 16.7. The number of ether oxygens (including phenoxy) is 2. The van der Waals surface area contributed by atoms with Gasteiger partial charge in [0.1, 0.15) is 28.9 Å². The standard InChI is InChI=1S/C19H12N2O4S2/c22-18-16(27-19(26)21-18)7-12-5-11-8-20-9-13(17(11)25-12)10-1-2-14-15(6-10)24-4-3-23-14/h1-2,5-9H,3-4H2,(H,21,22,26). The van der Waals surface area contributed by atoms with Crippen molar-refractivity contribution in [2.24, 2.45) is 0 Å². The lowest BCUT2D eigenvalue weighted by Crippen LogP contribution is -2.17. The maximum Gasteiger partial charge on any atom is 0.263 e. The Morgan fingerprint density at radius 3 is 2.81 bits per heavy atom. The Labute approximate surface area is 163 Å². The Balaban J connectivity index is 1.58. The second-order valence-corrected chi connectivity index (χ2v) is 7.68. The van der Waals surface area contributed by atoms with Crippen LogP contribution in [0.3, 0.4) is 0 Å². The molecule has 27 heavy (non-hydrogen) atoms. The van der Waals surface area contributed by atoms with E-state index in [1.807, 2.05) is 24.3 Å². The smallest absolute Gasteiger partial charge is 0.263 e. The Kier molecular flexibility index (Phi) is 3.87. The highest BCUT2D eigenvalue weighted by Crippen LogP contribution is 2.37. The molecule has 0 atom stereocenters. The van der Waals surface area contributed by atoms with E-state index in [1.165, 1.54) is 11.8 Å². The highest BCUT2D eigenvalue weighted by molar-refractivity contribution is 8.26. The van der Waals surface area contributed by atoms with Crippen molar-refractivity contribution in [3.05, 3.63) is 47.3 Å². The Morgan fingerprint density at radius 1 is 1.15 bits per heavy atom. The van der Waals surface area contributed by atoms with Crippen molar-refractivity contribution in [2.45, 2.75) is 0 Å². The minimum Gasteiger partial charge on any atom is -0.486 e. The highest BCUT2D eigenvalue weighted by Gasteiger charge is 2.23. The van der Waals surface area contributed by atoms with Crippen LogP contribution >= 0.6 is 24.0 Å². The summed E-state index contributed by atoms with van der Waals surface area (Å²) in [5.41, 5.74) is 2.45. The minimum absolute atomic E-state index is 0.212. The summed E-state index contributed by atoms with van der Waals surface area (Å²) in [6, 6.07) is 7.61. The zero-order chi connectivity index (χ0) is 18.4. The van der Waals surface area contributed by atoms with Gasteiger partial charge < -0.3 is 19.2 Å². The van der Waals surface area contributed by atoms with E-state index in [2.05, 4.69) is 10.3 Å². The summed E-state index contributed by atoms with van der Waals surface area (Å²) in [5, 5.41) is 3.44. The molecule has 6 nitrogen and oxygen atoms in total. The average Bonchev–Trinajstić information content (AvgIpc) is 3.23. The molecule has 2 aliphatic rings. The van der Waals surface area contributed by atoms with Gasteiger partial charge in [0.15, 0.2) is 11.5 Å². The molecule has 0 saturated carbocycles. The summed E-state index contributed by atoms with van der Waals surface area (Å²) in [7, 11) is 0. The molecule has 0 bridgehead atoms. The first kappa shape index (κ1) is 16.3. The van der Waals surface area contributed by atoms with Gasteiger partial charge in [-0.25, -0.2) is 0 Å². The molecule has 1 fully saturated rings. The van der Waals surface area contributed by atoms with Crippen molar-refractivity contribution in [1.82, 2.24) is 10.3 Å². The number of amides is 1. The van der Waals surface area contributed by atoms with Crippen molar-refractivity contribution in [3.8, 4) is 22.6 Å². The van der Waals surface area contributed by atoms with Crippen LogP contribution in [-0.4, -0.2) is 28.4 Å². The summed E-state index contributed by atoms with van der Waals surface area (Å²) in [5.74, 6) is 1.79. The first-order chi connectivity index (χ1) is 13.2. The van der Waals surface area contributed by atoms with Gasteiger partial charge in [0.2, 0.25) is 0 Å². The molecule has 5 rings (SSSR count). The molecule has 2 aliphatic heterocycles. The first-order valence-electron chi connectivity index (χ1n) is 8.20. The van der Waals surface area contributed by atoms with Gasteiger partial charge in [-0.15, -0.1) is 0 Å². The van der Waals surface area contributed by atoms with Crippen LogP contribution in [-0.2, 0) is 4.79 Å². The number of carbonyl (C=O) groups excluding carboxylic acids is 1. The molecule has 4 heterocycles. The lowest BCUT2D eigenvalue weighted by atomic mass is 10.1. The number of rotatable bonds is 2. The third-order valence-corrected chi connectivity index (χ3v) is 5.37. The quantitative estimate of drug-likeness (QED) is 0.522. The molecule has 3 aromatic rings. The number of furan rings is 1. The van der Waals surface area contributed by atoms with Crippen LogP contribution < -0.4 is 14.8 Å². The second kappa shape index (κ2) is 6.40. The van der Waals surface area contributed by atoms with Crippen LogP contribution in [0, 0.1) is 0 Å². The van der Waals surface area contributed by atoms with E-state index in [0.717, 1.165) is 22.3 Å². The number of pyridine rings is 1. The van der Waals surface area contributed by atoms with E-state index in [0.29, 0.717) is 39.5 Å². The predicted molar refractivity (Wildman–Crippen MR) is 107 cm³/mol. The Hall–Kier alpha value is -2.84. The maximum atomic E-state index is 11.9. The number of hydrogen-bond acceptors (Lipinski definition) is 7. The molecule has 1 saturated heterocycles. The lowest BCUT2D eigenvalue weighted by molar-refractivity contribution is -0.115. The van der Waals surface area contributed by atoms with E-state index in [4.69, 9.17) is 26.1 Å². The largest absolute Gasteiger partial charge is 0.486 e. The summed E-state index contributed by atoms with van der Waals surface area (Å²) in [6.45, 7) is 1.08. The third kappa shape index (κ3) is 2.96. The predicted octanol–water partition coefficient (Wildman–Crippen LogP) is 3.75. The number of fused-ring (bicyclic) bond motifs is 2. The van der Waals surface area contributed by atoms with Gasteiger partial charge in [0.25, 0.3) is 5.91 Å². The van der Waals surface area contributed by atoms with Crippen molar-refractivity contribution in [2.75, 3.05) is 13.2 Å². The minimum atomic E-state index is -0.212. The van der Waals surface area contributed by atoms with Gasteiger partial charge in [-0.05, 0) is 23.8 Å². The normalized spacial score (nSPS) is 17.6. The number of carbonyl (C=O) groups is 1. The molecule has 134 valence electrons. The van der Waals surface area contributed by atoms with Crippen LogP contribution in [0.2, 0.25) is 0 Å². The maximum absolute atomic E-state index is 11.9. The molecule has 1 amide bonds. The number of nitrogens with zero attached hydrogens (tertiary/aromatic N) is 1. The number of nitrogens with one attached hydrogen (secondary N) is 1. The van der Waals surface area contributed by atoms with Gasteiger partial charge in [-0.3, -0.25) is 9.78 Å². The molecule has 0 radical (unpaired) electrons. The van der Waals surface area contributed by atoms with Gasteiger partial charge in [0.05, 0.1) is 4.91 Å². The van der Waals surface area contributed by atoms with Crippen LogP contribution in [0.15, 0.2) is 46.0 Å². The van der Waals surface area contributed by atoms with Crippen LogP contribution in [0.4, 0.5) is 0 Å². The molecular weight excluding hydrogens is 384 g/mol. The van der Waals surface area contributed by atoms with E-state index in [1.54, 1.807) is 18.5 Å². The second-order valence-electron chi connectivity index (χ2n) is 5.96. The number of benzene rings is 1. The first-order valence-corrected chi connectivity index (χ1v) is 9.42. The van der Waals surface area contributed by atoms with Crippen molar-refractivity contribution < 1.29 is 18.7 Å². The molecule has 0 aliphatic carbocycles. The topological polar surface area (TPSA) is 73.6 Å². The molecule has 2 aromatic heterocycles. The number of aromatic nitrogens is 1. The fourth-order valence-electron chi connectivity index (χ4n) is 3.02. The fourth-order valence-corrected chi connectivity index (χ4v) is 4.04. The molecule has 1 aromatic carbocycles. The number of hydrogen-bond donors (Lipinski definition) is 1. The average molecular weight is 396 g/mol. The van der Waals surface area contributed by atoms with Gasteiger partial charge >= 0.3 is 0 Å². The van der Waals surface area contributed by atoms with Gasteiger partial charge in [0, 0.05) is 29.4 Å². The van der Waals surface area contributed by atoms with E-state index >= 15 is 0 Å². The SMILES string of the molecule is O=C1NC(=S)SC1=Cc1cc2cncc(-c3ccc4c(c3)OCCO4)c2o1. The van der Waals surface area contributed by atoms with E-state index < -0.39 is 0 Å². The zero-order valence-corrected chi connectivity index (χ0v) is 15.5. The van der Waals surface area contributed by atoms with Crippen LogP contribution in [0.25, 0.3) is 28.2 Å². The van der Waals surface area contributed by atoms with Gasteiger partial charge in [-0.1, -0.05) is 30.0 Å². The fraction of sp³-hybridized carbons (Fsp3) is 0.105. The lowest BCUT2D eigenvalue weighted by Gasteiger charge is -2.18. The van der Waals surface area contributed by atoms with Crippen LogP contribution in [0.1, 0.15) is 5.76 Å². The van der Waals surface area contributed by atoms with E-state index in [9.17, 15) is 4.79 Å². The van der Waals surface area contributed by atoms with Crippen molar-refractivity contribution in [3.63, 3.8) is 0 Å². The van der Waals surface area contributed by atoms with Crippen molar-refractivity contribution in [1.29, 1.82) is 0 Å². The van der Waals surface area contributed by atoms with Crippen molar-refractivity contribution >= 4 is 51.3 Å². The third-order valence-electron chi connectivity index (χ3n) is 4.21. The Bertz CT molecular complexity index is 1140. The number of thiocarbonyl (C=S) groups is 1. The van der Waals surface area contributed by atoms with E-state index in [-0.39, 0.29) is 5.91 Å². The molecular formula is C19H12N2O4S2. The molecule has 8 heteroatoms. The zero-order valence-electron chi connectivity index (χ0n) is 13.9. The van der Waals surface area contributed by atoms with Gasteiger partial charge in [-0.2, -0.15) is 0 Å². The molecule has 1 N–H and O–H groups in total. The number of thioether (sulfide) groups is 1. The summed E-state index contributed by atoms with van der Waals surface area (Å²) < 4.78 is 17.7.